The summed E-state index contributed by atoms with van der Waals surface area (Å²) in [7, 11) is 0. The molecule has 0 fully saturated rings. The average Bonchev–Trinajstić information content (AvgIpc) is 2.46. The van der Waals surface area contributed by atoms with Gasteiger partial charge in [-0.3, -0.25) is 9.78 Å². The fourth-order valence-corrected chi connectivity index (χ4v) is 1.99. The summed E-state index contributed by atoms with van der Waals surface area (Å²) in [6, 6.07) is 5.45. The van der Waals surface area contributed by atoms with Gasteiger partial charge in [-0.25, -0.2) is 0 Å². The van der Waals surface area contributed by atoms with Gasteiger partial charge in [-0.15, -0.1) is 11.3 Å². The topological polar surface area (TPSA) is 30.0 Å². The molecular formula is C8H4ClNOS. The Hall–Kier alpha value is -0.930. The van der Waals surface area contributed by atoms with Gasteiger partial charge in [0.2, 0.25) is 0 Å². The SMILES string of the molecule is O=C(Cl)c1cc2ncccc2s1. The summed E-state index contributed by atoms with van der Waals surface area (Å²) in [4.78, 5) is 15.4. The summed E-state index contributed by atoms with van der Waals surface area (Å²) in [6.07, 6.45) is 1.69. The minimum atomic E-state index is -0.419. The highest BCUT2D eigenvalue weighted by atomic mass is 35.5. The van der Waals surface area contributed by atoms with Gasteiger partial charge < -0.3 is 0 Å². The van der Waals surface area contributed by atoms with E-state index >= 15 is 0 Å². The first kappa shape index (κ1) is 7.71. The van der Waals surface area contributed by atoms with Crippen LogP contribution in [0.3, 0.4) is 0 Å². The maximum atomic E-state index is 10.8. The number of halogens is 1. The molecule has 2 nitrogen and oxygen atoms in total. The highest BCUT2D eigenvalue weighted by Gasteiger charge is 2.06. The Morgan fingerprint density at radius 3 is 3.08 bits per heavy atom. The molecule has 0 unspecified atom stereocenters. The molecule has 12 heavy (non-hydrogen) atoms. The third-order valence-corrected chi connectivity index (χ3v) is 2.89. The molecule has 0 radical (unpaired) electrons. The summed E-state index contributed by atoms with van der Waals surface area (Å²) in [6.45, 7) is 0. The molecule has 0 N–H and O–H groups in total. The third-order valence-electron chi connectivity index (χ3n) is 1.48. The zero-order valence-electron chi connectivity index (χ0n) is 5.95. The van der Waals surface area contributed by atoms with Crippen LogP contribution in [0.2, 0.25) is 0 Å². The number of rotatable bonds is 1. The summed E-state index contributed by atoms with van der Waals surface area (Å²) in [5, 5.41) is -0.419. The van der Waals surface area contributed by atoms with Crippen molar-refractivity contribution >= 4 is 38.4 Å². The van der Waals surface area contributed by atoms with E-state index in [9.17, 15) is 4.79 Å². The second-order valence-electron chi connectivity index (χ2n) is 2.27. The average molecular weight is 198 g/mol. The third kappa shape index (κ3) is 1.21. The lowest BCUT2D eigenvalue weighted by atomic mass is 10.4. The highest BCUT2D eigenvalue weighted by Crippen LogP contribution is 2.24. The zero-order chi connectivity index (χ0) is 8.55. The van der Waals surface area contributed by atoms with Crippen LogP contribution in [-0.4, -0.2) is 10.2 Å². The Kier molecular flexibility index (Phi) is 1.83. The Bertz CT molecular complexity index is 404. The summed E-state index contributed by atoms with van der Waals surface area (Å²) >= 11 is 6.68. The van der Waals surface area contributed by atoms with Gasteiger partial charge in [0.15, 0.2) is 0 Å². The number of nitrogens with zero attached hydrogens (tertiary/aromatic N) is 1. The lowest BCUT2D eigenvalue weighted by Gasteiger charge is -1.81. The molecule has 2 heterocycles. The molecule has 0 atom stereocenters. The van der Waals surface area contributed by atoms with E-state index in [2.05, 4.69) is 4.98 Å². The van der Waals surface area contributed by atoms with Crippen LogP contribution < -0.4 is 0 Å². The summed E-state index contributed by atoms with van der Waals surface area (Å²) in [5.41, 5.74) is 0.825. The number of thiophene rings is 1. The molecule has 0 aliphatic carbocycles. The highest BCUT2D eigenvalue weighted by molar-refractivity contribution is 7.22. The second kappa shape index (κ2) is 2.84. The van der Waals surface area contributed by atoms with E-state index in [0.29, 0.717) is 4.88 Å². The minimum Gasteiger partial charge on any atom is -0.275 e. The van der Waals surface area contributed by atoms with Crippen molar-refractivity contribution in [3.05, 3.63) is 29.3 Å². The van der Waals surface area contributed by atoms with Crippen molar-refractivity contribution in [1.29, 1.82) is 0 Å². The number of hydrogen-bond donors (Lipinski definition) is 0. The van der Waals surface area contributed by atoms with Crippen molar-refractivity contribution in [2.75, 3.05) is 0 Å². The molecule has 0 spiro atoms. The molecule has 2 aromatic heterocycles. The molecule has 0 aliphatic rings. The largest absolute Gasteiger partial charge is 0.275 e. The van der Waals surface area contributed by atoms with Crippen LogP contribution in [0.5, 0.6) is 0 Å². The lowest BCUT2D eigenvalue weighted by molar-refractivity contribution is 0.108. The molecule has 2 aromatic rings. The van der Waals surface area contributed by atoms with E-state index in [4.69, 9.17) is 11.6 Å². The van der Waals surface area contributed by atoms with Gasteiger partial charge in [0.25, 0.3) is 5.24 Å². The first-order valence-corrected chi connectivity index (χ1v) is 4.51. The van der Waals surface area contributed by atoms with E-state index < -0.39 is 5.24 Å². The van der Waals surface area contributed by atoms with Gasteiger partial charge in [-0.2, -0.15) is 0 Å². The fraction of sp³-hybridized carbons (Fsp3) is 0. The number of hydrogen-bond acceptors (Lipinski definition) is 3. The van der Waals surface area contributed by atoms with Crippen LogP contribution in [-0.2, 0) is 0 Å². The fourth-order valence-electron chi connectivity index (χ4n) is 0.966. The molecule has 0 aromatic carbocycles. The molecule has 0 saturated heterocycles. The maximum absolute atomic E-state index is 10.8. The maximum Gasteiger partial charge on any atom is 0.262 e. The molecule has 0 saturated carbocycles. The van der Waals surface area contributed by atoms with Crippen LogP contribution in [0, 0.1) is 0 Å². The van der Waals surface area contributed by atoms with Gasteiger partial charge in [-0.05, 0) is 29.8 Å². The van der Waals surface area contributed by atoms with Crippen LogP contribution in [0.25, 0.3) is 10.2 Å². The number of carbonyl (C=O) groups excluding carboxylic acids is 1. The zero-order valence-corrected chi connectivity index (χ0v) is 7.52. The van der Waals surface area contributed by atoms with Gasteiger partial charge in [0.05, 0.1) is 15.1 Å². The quantitative estimate of drug-likeness (QED) is 0.658. The Morgan fingerprint density at radius 2 is 2.42 bits per heavy atom. The monoisotopic (exact) mass is 197 g/mol. The second-order valence-corrected chi connectivity index (χ2v) is 3.70. The van der Waals surface area contributed by atoms with Gasteiger partial charge >= 0.3 is 0 Å². The van der Waals surface area contributed by atoms with Crippen molar-refractivity contribution in [2.45, 2.75) is 0 Å². The number of carbonyl (C=O) groups is 1. The van der Waals surface area contributed by atoms with Crippen LogP contribution >= 0.6 is 22.9 Å². The molecule has 60 valence electrons. The first-order valence-electron chi connectivity index (χ1n) is 3.32. The number of fused-ring (bicyclic) bond motifs is 1. The van der Waals surface area contributed by atoms with E-state index in [1.807, 2.05) is 12.1 Å². The van der Waals surface area contributed by atoms with Crippen molar-refractivity contribution in [2.24, 2.45) is 0 Å². The van der Waals surface area contributed by atoms with Crippen LogP contribution in [0.4, 0.5) is 0 Å². The molecule has 2 rings (SSSR count). The Labute approximate surface area is 77.8 Å². The Balaban J connectivity index is 2.70. The summed E-state index contributed by atoms with van der Waals surface area (Å²) in [5.74, 6) is 0. The molecular weight excluding hydrogens is 194 g/mol. The predicted octanol–water partition coefficient (Wildman–Crippen LogP) is 2.68. The molecule has 0 bridgehead atoms. The normalized spacial score (nSPS) is 10.4. The van der Waals surface area contributed by atoms with Crippen molar-refractivity contribution in [3.8, 4) is 0 Å². The smallest absolute Gasteiger partial charge is 0.262 e. The molecule has 0 aliphatic heterocycles. The van der Waals surface area contributed by atoms with E-state index in [-0.39, 0.29) is 0 Å². The number of aromatic nitrogens is 1. The van der Waals surface area contributed by atoms with E-state index in [0.717, 1.165) is 10.2 Å². The van der Waals surface area contributed by atoms with Crippen molar-refractivity contribution in [1.82, 2.24) is 4.98 Å². The Morgan fingerprint density at radius 1 is 1.58 bits per heavy atom. The molecule has 4 heteroatoms. The predicted molar refractivity (Wildman–Crippen MR) is 49.8 cm³/mol. The standard InChI is InChI=1S/C8H4ClNOS/c9-8(11)7-4-5-6(12-7)2-1-3-10-5/h1-4H. The van der Waals surface area contributed by atoms with Gasteiger partial charge in [-0.1, -0.05) is 0 Å². The lowest BCUT2D eigenvalue weighted by Crippen LogP contribution is -1.78. The van der Waals surface area contributed by atoms with Crippen molar-refractivity contribution < 1.29 is 4.79 Å². The minimum absolute atomic E-state index is 0.419. The van der Waals surface area contributed by atoms with Gasteiger partial charge in [0, 0.05) is 6.20 Å². The van der Waals surface area contributed by atoms with E-state index in [1.165, 1.54) is 11.3 Å². The molecule has 0 amide bonds. The van der Waals surface area contributed by atoms with Gasteiger partial charge in [0.1, 0.15) is 0 Å². The number of pyridine rings is 1. The van der Waals surface area contributed by atoms with Crippen LogP contribution in [0.1, 0.15) is 9.67 Å². The summed E-state index contributed by atoms with van der Waals surface area (Å²) < 4.78 is 0.988. The van der Waals surface area contributed by atoms with Crippen molar-refractivity contribution in [3.63, 3.8) is 0 Å². The first-order chi connectivity index (χ1) is 5.77. The van der Waals surface area contributed by atoms with E-state index in [1.54, 1.807) is 12.3 Å². The van der Waals surface area contributed by atoms with Crippen LogP contribution in [0.15, 0.2) is 24.4 Å².